The van der Waals surface area contributed by atoms with Gasteiger partial charge in [-0.3, -0.25) is 9.59 Å². The minimum atomic E-state index is -1.09. The molecule has 7 aliphatic rings. The first-order valence-corrected chi connectivity index (χ1v) is 24.0. The van der Waals surface area contributed by atoms with Crippen molar-refractivity contribution in [3.8, 4) is 0 Å². The molecule has 8 rings (SSSR count). The van der Waals surface area contributed by atoms with Gasteiger partial charge in [0.1, 0.15) is 13.3 Å². The van der Waals surface area contributed by atoms with E-state index >= 15 is 0 Å². The molecule has 6 nitrogen and oxygen atoms in total. The van der Waals surface area contributed by atoms with E-state index in [0.29, 0.717) is 86.7 Å². The molecule has 330 valence electrons. The van der Waals surface area contributed by atoms with E-state index < -0.39 is 23.7 Å². The SMILES string of the molecule is C=C(C)[C@@H]1C[C@@H](NCCC2(O)CCN(C(C)=O)CC2)C2CC[C@]3(C)[C@H](CC[C@@H]4[C@@]5(C)CC=C(C6=CC[C@](CF)(C(=O)OCc7ccccc7)CC6)C(C)(C)[C@@H]5CC[C@]43C)[C@H]21. The summed E-state index contributed by atoms with van der Waals surface area (Å²) >= 11 is 0. The van der Waals surface area contributed by atoms with Crippen LogP contribution in [0.1, 0.15) is 144 Å². The molecule has 1 aromatic carbocycles. The van der Waals surface area contributed by atoms with E-state index in [1.165, 1.54) is 55.2 Å². The highest BCUT2D eigenvalue weighted by Gasteiger charge is 2.69. The van der Waals surface area contributed by atoms with Crippen molar-refractivity contribution in [1.29, 1.82) is 0 Å². The summed E-state index contributed by atoms with van der Waals surface area (Å²) in [5.41, 5.74) is 4.01. The van der Waals surface area contributed by atoms with Gasteiger partial charge in [-0.05, 0) is 177 Å². The van der Waals surface area contributed by atoms with Gasteiger partial charge in [0.25, 0.3) is 0 Å². The first-order chi connectivity index (χ1) is 28.4. The number of hydrogen-bond donors (Lipinski definition) is 2. The Hall–Kier alpha value is -2.77. The smallest absolute Gasteiger partial charge is 0.315 e. The summed E-state index contributed by atoms with van der Waals surface area (Å²) in [6, 6.07) is 10.1. The molecule has 1 unspecified atom stereocenters. The van der Waals surface area contributed by atoms with Gasteiger partial charge in [-0.25, -0.2) is 4.39 Å². The monoisotopic (exact) mass is 825 g/mol. The topological polar surface area (TPSA) is 78.9 Å². The Bertz CT molecular complexity index is 1860. The van der Waals surface area contributed by atoms with Crippen molar-refractivity contribution in [2.75, 3.05) is 26.3 Å². The van der Waals surface area contributed by atoms with E-state index in [1.54, 1.807) is 6.92 Å². The fourth-order valence-electron chi connectivity index (χ4n) is 15.9. The first kappa shape index (κ1) is 43.9. The molecule has 1 aliphatic heterocycles. The number of carbonyl (C=O) groups is 2. The van der Waals surface area contributed by atoms with Crippen LogP contribution in [0.25, 0.3) is 0 Å². The van der Waals surface area contributed by atoms with Gasteiger partial charge in [0.15, 0.2) is 0 Å². The number of carbonyl (C=O) groups excluding carboxylic acids is 2. The van der Waals surface area contributed by atoms with Gasteiger partial charge in [0, 0.05) is 26.1 Å². The minimum Gasteiger partial charge on any atom is -0.460 e. The van der Waals surface area contributed by atoms with Gasteiger partial charge >= 0.3 is 5.97 Å². The van der Waals surface area contributed by atoms with Crippen LogP contribution in [0, 0.1) is 62.6 Å². The van der Waals surface area contributed by atoms with E-state index in [2.05, 4.69) is 65.6 Å². The van der Waals surface area contributed by atoms with Crippen LogP contribution in [0.2, 0.25) is 0 Å². The highest BCUT2D eigenvalue weighted by atomic mass is 19.1. The predicted octanol–water partition coefficient (Wildman–Crippen LogP) is 11.0. The van der Waals surface area contributed by atoms with Crippen molar-refractivity contribution >= 4 is 11.9 Å². The Morgan fingerprint density at radius 1 is 0.900 bits per heavy atom. The number of halogens is 1. The first-order valence-electron chi connectivity index (χ1n) is 24.0. The second-order valence-corrected chi connectivity index (χ2v) is 22.6. The summed E-state index contributed by atoms with van der Waals surface area (Å²) < 4.78 is 20.5. The van der Waals surface area contributed by atoms with Crippen molar-refractivity contribution < 1.29 is 23.8 Å². The summed E-state index contributed by atoms with van der Waals surface area (Å²) in [5.74, 6) is 3.46. The fraction of sp³-hybridized carbons (Fsp3) is 0.736. The summed E-state index contributed by atoms with van der Waals surface area (Å²) in [5, 5.41) is 15.4. The molecule has 2 N–H and O–H groups in total. The number of aliphatic hydroxyl groups is 1. The third-order valence-electron chi connectivity index (χ3n) is 19.6. The second-order valence-electron chi connectivity index (χ2n) is 22.6. The highest BCUT2D eigenvalue weighted by Crippen LogP contribution is 2.76. The van der Waals surface area contributed by atoms with Crippen molar-refractivity contribution in [3.63, 3.8) is 0 Å². The van der Waals surface area contributed by atoms with Crippen LogP contribution >= 0.6 is 0 Å². The molecule has 60 heavy (non-hydrogen) atoms. The number of fused-ring (bicyclic) bond motifs is 7. The molecule has 6 aliphatic carbocycles. The lowest BCUT2D eigenvalue weighted by molar-refractivity contribution is -0.217. The molecule has 1 aromatic rings. The average molecular weight is 825 g/mol. The zero-order chi connectivity index (χ0) is 42.9. The summed E-state index contributed by atoms with van der Waals surface area (Å²) in [6.45, 7) is 23.2. The Balaban J connectivity index is 0.961. The number of esters is 1. The molecule has 0 spiro atoms. The standard InChI is InChI=1S/C53H77FN2O4/c1-35(2)40-32-43(55-29-26-53(59)27-30-56(31-28-53)36(3)57)39-18-22-50(7)42(46(39)40)14-15-45-49(6)21-19-41(48(4,5)44(49)20-23-51(45,50)8)38-16-24-52(34-54,25-17-38)47(58)60-33-37-12-10-9-11-13-37/h9-13,16,19,39-40,42-46,55,59H,1,14-15,17-18,20-34H2,2-8H3/t39?,40-,42+,43+,44-,45+,46+,49-,50+,51+,52-/m0/s1. The maximum atomic E-state index is 14.8. The molecule has 1 saturated heterocycles. The Morgan fingerprint density at radius 3 is 2.27 bits per heavy atom. The van der Waals surface area contributed by atoms with Crippen molar-refractivity contribution in [1.82, 2.24) is 10.2 Å². The third-order valence-corrected chi connectivity index (χ3v) is 19.6. The maximum Gasteiger partial charge on any atom is 0.315 e. The number of ether oxygens (including phenoxy) is 1. The number of allylic oxidation sites excluding steroid dienone is 5. The Labute approximate surface area is 361 Å². The lowest BCUT2D eigenvalue weighted by atomic mass is 9.33. The zero-order valence-corrected chi connectivity index (χ0v) is 38.2. The molecule has 5 fully saturated rings. The van der Waals surface area contributed by atoms with Gasteiger partial charge < -0.3 is 20.1 Å². The lowest BCUT2D eigenvalue weighted by Gasteiger charge is -2.71. The number of benzene rings is 1. The number of hydrogen-bond acceptors (Lipinski definition) is 5. The van der Waals surface area contributed by atoms with Crippen molar-refractivity contribution in [2.45, 2.75) is 157 Å². The maximum absolute atomic E-state index is 14.8. The molecule has 4 saturated carbocycles. The third kappa shape index (κ3) is 7.20. The van der Waals surface area contributed by atoms with Crippen LogP contribution in [0.3, 0.4) is 0 Å². The van der Waals surface area contributed by atoms with Gasteiger partial charge in [0.2, 0.25) is 5.91 Å². The Morgan fingerprint density at radius 2 is 1.62 bits per heavy atom. The number of rotatable bonds is 10. The van der Waals surface area contributed by atoms with Gasteiger partial charge in [-0.15, -0.1) is 0 Å². The highest BCUT2D eigenvalue weighted by molar-refractivity contribution is 5.78. The number of likely N-dealkylation sites (tertiary alicyclic amines) is 1. The fourth-order valence-corrected chi connectivity index (χ4v) is 15.9. The summed E-state index contributed by atoms with van der Waals surface area (Å²) in [6.07, 6.45) is 18.4. The van der Waals surface area contributed by atoms with Crippen LogP contribution in [0.5, 0.6) is 0 Å². The van der Waals surface area contributed by atoms with E-state index in [-0.39, 0.29) is 34.2 Å². The van der Waals surface area contributed by atoms with Crippen molar-refractivity contribution in [3.05, 3.63) is 71.3 Å². The molecule has 1 heterocycles. The quantitative estimate of drug-likeness (QED) is 0.181. The number of nitrogens with one attached hydrogen (secondary N) is 1. The molecule has 7 heteroatoms. The van der Waals surface area contributed by atoms with Gasteiger partial charge in [-0.2, -0.15) is 0 Å². The number of piperidine rings is 1. The molecule has 0 radical (unpaired) electrons. The number of nitrogens with zero attached hydrogens (tertiary/aromatic N) is 1. The molecule has 11 atom stereocenters. The Kier molecular flexibility index (Phi) is 11.8. The molecule has 0 bridgehead atoms. The molecule has 0 aromatic heterocycles. The number of amides is 1. The normalized spacial score (nSPS) is 40.5. The molecular formula is C53H77FN2O4. The second kappa shape index (κ2) is 16.1. The predicted molar refractivity (Wildman–Crippen MR) is 238 cm³/mol. The summed E-state index contributed by atoms with van der Waals surface area (Å²) in [4.78, 5) is 27.1. The van der Waals surface area contributed by atoms with Crippen LogP contribution in [0.4, 0.5) is 4.39 Å². The minimum absolute atomic E-state index is 0.00785. The van der Waals surface area contributed by atoms with Crippen LogP contribution in [0.15, 0.2) is 65.8 Å². The van der Waals surface area contributed by atoms with Gasteiger partial charge in [-0.1, -0.05) is 89.3 Å². The van der Waals surface area contributed by atoms with Crippen LogP contribution in [-0.2, 0) is 20.9 Å². The molecular weight excluding hydrogens is 748 g/mol. The van der Waals surface area contributed by atoms with Crippen LogP contribution in [-0.4, -0.2) is 59.8 Å². The largest absolute Gasteiger partial charge is 0.460 e. The van der Waals surface area contributed by atoms with E-state index in [0.717, 1.165) is 31.4 Å². The molecule has 1 amide bonds. The van der Waals surface area contributed by atoms with E-state index in [4.69, 9.17) is 4.74 Å². The van der Waals surface area contributed by atoms with Crippen molar-refractivity contribution in [2.24, 2.45) is 62.6 Å². The van der Waals surface area contributed by atoms with Gasteiger partial charge in [0.05, 0.1) is 11.0 Å². The van der Waals surface area contributed by atoms with E-state index in [1.807, 2.05) is 35.2 Å². The summed E-state index contributed by atoms with van der Waals surface area (Å²) in [7, 11) is 0. The van der Waals surface area contributed by atoms with Crippen LogP contribution < -0.4 is 5.32 Å². The average Bonchev–Trinajstić information content (AvgIpc) is 3.59. The number of alkyl halides is 1. The zero-order valence-electron chi connectivity index (χ0n) is 38.2. The van der Waals surface area contributed by atoms with E-state index in [9.17, 15) is 19.1 Å². The lowest BCUT2D eigenvalue weighted by Crippen LogP contribution is -2.64.